The highest BCUT2D eigenvalue weighted by Crippen LogP contribution is 2.32. The van der Waals surface area contributed by atoms with Gasteiger partial charge in [-0.15, -0.1) is 0 Å². The number of sulfonamides is 1. The van der Waals surface area contributed by atoms with Gasteiger partial charge in [-0.2, -0.15) is 0 Å². The van der Waals surface area contributed by atoms with Crippen LogP contribution in [0.3, 0.4) is 0 Å². The third kappa shape index (κ3) is 3.22. The minimum atomic E-state index is -3.86. The second-order valence-electron chi connectivity index (χ2n) is 5.44. The van der Waals surface area contributed by atoms with Crippen LogP contribution in [0.5, 0.6) is 0 Å². The monoisotopic (exact) mass is 384 g/mol. The minimum absolute atomic E-state index is 0.0345. The maximum Gasteiger partial charge on any atom is 0.263 e. The first-order valence-corrected chi connectivity index (χ1v) is 9.41. The summed E-state index contributed by atoms with van der Waals surface area (Å²) in [6.45, 7) is 2.11. The standard InChI is InChI=1S/C16H14Cl2N2O3S/c1-10(21)20-7-6-11-8-13(3-5-15(11)20)19-24(22,23)16-9-12(17)2-4-14(16)18/h2-5,8-9,19H,6-7H2,1H3. The molecular weight excluding hydrogens is 371 g/mol. The van der Waals surface area contributed by atoms with Gasteiger partial charge < -0.3 is 4.90 Å². The van der Waals surface area contributed by atoms with Crippen LogP contribution in [0, 0.1) is 0 Å². The predicted molar refractivity (Wildman–Crippen MR) is 95.4 cm³/mol. The van der Waals surface area contributed by atoms with Crippen LogP contribution in [0.4, 0.5) is 11.4 Å². The molecule has 2 aromatic rings. The van der Waals surface area contributed by atoms with E-state index in [0.717, 1.165) is 11.3 Å². The van der Waals surface area contributed by atoms with Crippen LogP contribution >= 0.6 is 23.2 Å². The molecule has 0 fully saturated rings. The summed E-state index contributed by atoms with van der Waals surface area (Å²) in [5.74, 6) is -0.0345. The lowest BCUT2D eigenvalue weighted by atomic mass is 10.1. The molecule has 3 rings (SSSR count). The summed E-state index contributed by atoms with van der Waals surface area (Å²) in [5.41, 5.74) is 2.14. The zero-order valence-electron chi connectivity index (χ0n) is 12.7. The van der Waals surface area contributed by atoms with E-state index in [1.807, 2.05) is 0 Å². The van der Waals surface area contributed by atoms with Crippen LogP contribution in [0.2, 0.25) is 10.0 Å². The molecule has 0 spiro atoms. The van der Waals surface area contributed by atoms with E-state index in [1.165, 1.54) is 25.1 Å². The summed E-state index contributed by atoms with van der Waals surface area (Å²) in [4.78, 5) is 13.2. The second kappa shape index (κ2) is 6.27. The van der Waals surface area contributed by atoms with Crippen molar-refractivity contribution >= 4 is 50.5 Å². The zero-order chi connectivity index (χ0) is 17.5. The Morgan fingerprint density at radius 1 is 1.17 bits per heavy atom. The van der Waals surface area contributed by atoms with Crippen LogP contribution in [0.25, 0.3) is 0 Å². The van der Waals surface area contributed by atoms with Crippen LogP contribution in [-0.2, 0) is 21.2 Å². The quantitative estimate of drug-likeness (QED) is 0.876. The number of hydrogen-bond donors (Lipinski definition) is 1. The molecule has 1 aliphatic heterocycles. The van der Waals surface area contributed by atoms with Crippen molar-refractivity contribution in [2.24, 2.45) is 0 Å². The first-order chi connectivity index (χ1) is 11.3. The number of hydrogen-bond acceptors (Lipinski definition) is 3. The number of amides is 1. The molecular formula is C16H14Cl2N2O3S. The van der Waals surface area contributed by atoms with Crippen molar-refractivity contribution in [3.8, 4) is 0 Å². The minimum Gasteiger partial charge on any atom is -0.312 e. The van der Waals surface area contributed by atoms with Crippen molar-refractivity contribution in [1.29, 1.82) is 0 Å². The van der Waals surface area contributed by atoms with Gasteiger partial charge in [0.1, 0.15) is 4.90 Å². The number of fused-ring (bicyclic) bond motifs is 1. The van der Waals surface area contributed by atoms with Crippen LogP contribution < -0.4 is 9.62 Å². The lowest BCUT2D eigenvalue weighted by Gasteiger charge is -2.15. The largest absolute Gasteiger partial charge is 0.312 e. The van der Waals surface area contributed by atoms with Crippen LogP contribution in [-0.4, -0.2) is 20.9 Å². The highest BCUT2D eigenvalue weighted by Gasteiger charge is 2.24. The summed E-state index contributed by atoms with van der Waals surface area (Å²) in [5, 5.41) is 0.377. The molecule has 0 aromatic heterocycles. The number of carbonyl (C=O) groups excluding carboxylic acids is 1. The fourth-order valence-electron chi connectivity index (χ4n) is 2.69. The van der Waals surface area contributed by atoms with Crippen molar-refractivity contribution in [2.75, 3.05) is 16.2 Å². The average molecular weight is 385 g/mol. The normalized spacial score (nSPS) is 13.7. The molecule has 24 heavy (non-hydrogen) atoms. The van der Waals surface area contributed by atoms with E-state index in [4.69, 9.17) is 23.2 Å². The molecule has 0 atom stereocenters. The molecule has 1 aliphatic rings. The Hall–Kier alpha value is -1.76. The lowest BCUT2D eigenvalue weighted by Crippen LogP contribution is -2.25. The fourth-order valence-corrected chi connectivity index (χ4v) is 4.50. The smallest absolute Gasteiger partial charge is 0.263 e. The molecule has 0 saturated carbocycles. The molecule has 1 N–H and O–H groups in total. The van der Waals surface area contributed by atoms with Gasteiger partial charge >= 0.3 is 0 Å². The Morgan fingerprint density at radius 2 is 1.92 bits per heavy atom. The van der Waals surface area contributed by atoms with Gasteiger partial charge in [-0.3, -0.25) is 9.52 Å². The molecule has 2 aromatic carbocycles. The van der Waals surface area contributed by atoms with Gasteiger partial charge in [-0.25, -0.2) is 8.42 Å². The second-order valence-corrected chi connectivity index (χ2v) is 7.94. The molecule has 5 nitrogen and oxygen atoms in total. The highest BCUT2D eigenvalue weighted by molar-refractivity contribution is 7.92. The zero-order valence-corrected chi connectivity index (χ0v) is 15.0. The van der Waals surface area contributed by atoms with Crippen molar-refractivity contribution in [3.63, 3.8) is 0 Å². The first kappa shape index (κ1) is 17.1. The Morgan fingerprint density at radius 3 is 2.62 bits per heavy atom. The third-order valence-corrected chi connectivity index (χ3v) is 5.89. The van der Waals surface area contributed by atoms with Crippen molar-refractivity contribution < 1.29 is 13.2 Å². The lowest BCUT2D eigenvalue weighted by molar-refractivity contribution is -0.116. The Balaban J connectivity index is 1.92. The van der Waals surface area contributed by atoms with Crippen molar-refractivity contribution in [1.82, 2.24) is 0 Å². The number of benzene rings is 2. The van der Waals surface area contributed by atoms with E-state index < -0.39 is 10.0 Å². The Labute approximate surface area is 150 Å². The van der Waals surface area contributed by atoms with E-state index in [2.05, 4.69) is 4.72 Å². The molecule has 8 heteroatoms. The summed E-state index contributed by atoms with van der Waals surface area (Å²) in [6, 6.07) is 9.35. The van der Waals surface area contributed by atoms with Gasteiger partial charge in [0.25, 0.3) is 10.0 Å². The molecule has 0 bridgehead atoms. The number of halogens is 2. The number of nitrogens with zero attached hydrogens (tertiary/aromatic N) is 1. The summed E-state index contributed by atoms with van der Waals surface area (Å²) < 4.78 is 27.6. The Kier molecular flexibility index (Phi) is 4.46. The first-order valence-electron chi connectivity index (χ1n) is 7.17. The van der Waals surface area contributed by atoms with E-state index >= 15 is 0 Å². The van der Waals surface area contributed by atoms with Gasteiger partial charge in [0.15, 0.2) is 0 Å². The molecule has 0 aliphatic carbocycles. The van der Waals surface area contributed by atoms with E-state index in [0.29, 0.717) is 18.7 Å². The maximum atomic E-state index is 12.5. The molecule has 0 saturated heterocycles. The number of nitrogens with one attached hydrogen (secondary N) is 1. The highest BCUT2D eigenvalue weighted by atomic mass is 35.5. The number of rotatable bonds is 3. The molecule has 1 amide bonds. The van der Waals surface area contributed by atoms with E-state index in [9.17, 15) is 13.2 Å². The number of carbonyl (C=O) groups is 1. The topological polar surface area (TPSA) is 66.5 Å². The SMILES string of the molecule is CC(=O)N1CCc2cc(NS(=O)(=O)c3cc(Cl)ccc3Cl)ccc21. The van der Waals surface area contributed by atoms with Crippen molar-refractivity contribution in [3.05, 3.63) is 52.0 Å². The van der Waals surface area contributed by atoms with Gasteiger partial charge in [0.2, 0.25) is 5.91 Å². The fraction of sp³-hybridized carbons (Fsp3) is 0.188. The molecule has 0 radical (unpaired) electrons. The predicted octanol–water partition coefficient (Wildman–Crippen LogP) is 3.70. The molecule has 126 valence electrons. The van der Waals surface area contributed by atoms with Crippen LogP contribution in [0.15, 0.2) is 41.3 Å². The van der Waals surface area contributed by atoms with Crippen LogP contribution in [0.1, 0.15) is 12.5 Å². The van der Waals surface area contributed by atoms with E-state index in [1.54, 1.807) is 23.1 Å². The van der Waals surface area contributed by atoms with Gasteiger partial charge in [0.05, 0.1) is 5.02 Å². The molecule has 0 unspecified atom stereocenters. The summed E-state index contributed by atoms with van der Waals surface area (Å²) in [6.07, 6.45) is 0.683. The summed E-state index contributed by atoms with van der Waals surface area (Å²) in [7, 11) is -3.86. The molecule has 1 heterocycles. The average Bonchev–Trinajstić information content (AvgIpc) is 2.92. The Bertz CT molecular complexity index is 929. The van der Waals surface area contributed by atoms with Gasteiger partial charge in [0, 0.05) is 29.9 Å². The van der Waals surface area contributed by atoms with Gasteiger partial charge in [-0.05, 0) is 48.4 Å². The maximum absolute atomic E-state index is 12.5. The van der Waals surface area contributed by atoms with Gasteiger partial charge in [-0.1, -0.05) is 23.2 Å². The third-order valence-electron chi connectivity index (χ3n) is 3.79. The number of anilines is 2. The van der Waals surface area contributed by atoms with Crippen molar-refractivity contribution in [2.45, 2.75) is 18.2 Å². The van der Waals surface area contributed by atoms with E-state index in [-0.39, 0.29) is 20.8 Å². The summed E-state index contributed by atoms with van der Waals surface area (Å²) >= 11 is 11.8.